The number of nitrogens with zero attached hydrogens (tertiary/aromatic N) is 1. The van der Waals surface area contributed by atoms with Gasteiger partial charge in [-0.15, -0.1) is 0 Å². The molecule has 0 spiro atoms. The van der Waals surface area contributed by atoms with Crippen molar-refractivity contribution in [1.29, 1.82) is 0 Å². The van der Waals surface area contributed by atoms with Crippen molar-refractivity contribution in [3.63, 3.8) is 0 Å². The van der Waals surface area contributed by atoms with Crippen molar-refractivity contribution in [2.24, 2.45) is 0 Å². The first-order valence-electron chi connectivity index (χ1n) is 5.81. The fourth-order valence-corrected chi connectivity index (χ4v) is 2.74. The molecule has 0 aliphatic carbocycles. The van der Waals surface area contributed by atoms with E-state index in [1.165, 1.54) is 12.1 Å². The van der Waals surface area contributed by atoms with Gasteiger partial charge < -0.3 is 4.74 Å². The second-order valence-electron chi connectivity index (χ2n) is 3.97. The minimum Gasteiger partial charge on any atom is -0.385 e. The molecule has 0 saturated carbocycles. The van der Waals surface area contributed by atoms with Crippen LogP contribution < -0.4 is 4.72 Å². The number of nitro benzene ring substituents is 1. The molecule has 0 atom stereocenters. The lowest BCUT2D eigenvalue weighted by Crippen LogP contribution is -2.25. The summed E-state index contributed by atoms with van der Waals surface area (Å²) >= 11 is 5.63. The zero-order valence-corrected chi connectivity index (χ0v) is 12.4. The first-order chi connectivity index (χ1) is 9.38. The molecule has 0 saturated heterocycles. The lowest BCUT2D eigenvalue weighted by Gasteiger charge is -2.07. The lowest BCUT2D eigenvalue weighted by molar-refractivity contribution is -0.384. The maximum Gasteiger partial charge on any atom is 0.289 e. The Labute approximate surface area is 122 Å². The molecule has 1 rings (SSSR count). The van der Waals surface area contributed by atoms with Gasteiger partial charge in [-0.25, -0.2) is 13.1 Å². The van der Waals surface area contributed by atoms with Crippen LogP contribution >= 0.6 is 11.6 Å². The van der Waals surface area contributed by atoms with E-state index in [1.54, 1.807) is 7.11 Å². The first kappa shape index (κ1) is 16.8. The van der Waals surface area contributed by atoms with E-state index in [0.29, 0.717) is 13.0 Å². The molecule has 20 heavy (non-hydrogen) atoms. The van der Waals surface area contributed by atoms with E-state index in [2.05, 4.69) is 4.72 Å². The summed E-state index contributed by atoms with van der Waals surface area (Å²) in [6.45, 7) is 0.788. The molecule has 0 fully saturated rings. The van der Waals surface area contributed by atoms with Gasteiger partial charge in [-0.2, -0.15) is 0 Å². The number of ether oxygens (including phenoxy) is 1. The van der Waals surface area contributed by atoms with Crippen molar-refractivity contribution in [2.45, 2.75) is 17.7 Å². The van der Waals surface area contributed by atoms with E-state index < -0.39 is 20.6 Å². The van der Waals surface area contributed by atoms with Crippen molar-refractivity contribution in [1.82, 2.24) is 4.72 Å². The van der Waals surface area contributed by atoms with Gasteiger partial charge in [0.1, 0.15) is 5.02 Å². The molecule has 1 aromatic carbocycles. The third-order valence-electron chi connectivity index (χ3n) is 2.49. The molecule has 1 N–H and O–H groups in total. The summed E-state index contributed by atoms with van der Waals surface area (Å²) in [7, 11) is -2.21. The van der Waals surface area contributed by atoms with Crippen LogP contribution in [0, 0.1) is 10.1 Å². The van der Waals surface area contributed by atoms with Gasteiger partial charge in [0.25, 0.3) is 5.69 Å². The lowest BCUT2D eigenvalue weighted by atomic mass is 10.3. The highest BCUT2D eigenvalue weighted by Gasteiger charge is 2.20. The topological polar surface area (TPSA) is 98.5 Å². The van der Waals surface area contributed by atoms with E-state index >= 15 is 0 Å². The van der Waals surface area contributed by atoms with Crippen molar-refractivity contribution in [3.8, 4) is 0 Å². The van der Waals surface area contributed by atoms with Crippen LogP contribution in [0.5, 0.6) is 0 Å². The molecule has 0 aromatic heterocycles. The standard InChI is InChI=1S/C11H15ClN2O5S/c1-19-7-3-2-6-13-20(17,18)9-4-5-10(12)11(8-9)14(15)16/h4-5,8,13H,2-3,6-7H2,1H3. The normalized spacial score (nSPS) is 11.5. The molecule has 0 unspecified atom stereocenters. The van der Waals surface area contributed by atoms with Crippen LogP contribution in [0.4, 0.5) is 5.69 Å². The zero-order chi connectivity index (χ0) is 15.2. The third-order valence-corrected chi connectivity index (χ3v) is 4.27. The largest absolute Gasteiger partial charge is 0.385 e. The van der Waals surface area contributed by atoms with Crippen molar-refractivity contribution in [3.05, 3.63) is 33.3 Å². The Morgan fingerprint density at radius 3 is 2.70 bits per heavy atom. The average molecular weight is 323 g/mol. The second kappa shape index (κ2) is 7.53. The summed E-state index contributed by atoms with van der Waals surface area (Å²) in [5.74, 6) is 0. The monoisotopic (exact) mass is 322 g/mol. The van der Waals surface area contributed by atoms with Crippen LogP contribution in [-0.2, 0) is 14.8 Å². The van der Waals surface area contributed by atoms with Crippen LogP contribution in [0.3, 0.4) is 0 Å². The fraction of sp³-hybridized carbons (Fsp3) is 0.455. The van der Waals surface area contributed by atoms with Gasteiger partial charge in [-0.05, 0) is 25.0 Å². The molecule has 0 bridgehead atoms. The molecule has 112 valence electrons. The van der Waals surface area contributed by atoms with Crippen LogP contribution in [0.15, 0.2) is 23.1 Å². The predicted molar refractivity (Wildman–Crippen MR) is 74.4 cm³/mol. The van der Waals surface area contributed by atoms with Crippen LogP contribution in [0.1, 0.15) is 12.8 Å². The maximum atomic E-state index is 11.9. The van der Waals surface area contributed by atoms with Gasteiger partial charge in [0.15, 0.2) is 0 Å². The number of unbranched alkanes of at least 4 members (excludes halogenated alkanes) is 1. The number of rotatable bonds is 8. The number of hydrogen-bond donors (Lipinski definition) is 1. The van der Waals surface area contributed by atoms with Gasteiger partial charge in [0, 0.05) is 26.3 Å². The van der Waals surface area contributed by atoms with E-state index in [4.69, 9.17) is 16.3 Å². The fourth-order valence-electron chi connectivity index (χ4n) is 1.46. The highest BCUT2D eigenvalue weighted by Crippen LogP contribution is 2.26. The van der Waals surface area contributed by atoms with Crippen molar-refractivity contribution in [2.75, 3.05) is 20.3 Å². The predicted octanol–water partition coefficient (Wildman–Crippen LogP) is 1.95. The minimum absolute atomic E-state index is 0.103. The van der Waals surface area contributed by atoms with Gasteiger partial charge in [-0.1, -0.05) is 11.6 Å². The quantitative estimate of drug-likeness (QED) is 0.448. The molecule has 7 nitrogen and oxygen atoms in total. The molecular formula is C11H15ClN2O5S. The molecule has 0 radical (unpaired) electrons. The Bertz CT molecular complexity index is 576. The van der Waals surface area contributed by atoms with E-state index in [-0.39, 0.29) is 16.5 Å². The molecule has 9 heteroatoms. The number of hydrogen-bond acceptors (Lipinski definition) is 5. The van der Waals surface area contributed by atoms with E-state index in [1.807, 2.05) is 0 Å². The molecular weight excluding hydrogens is 308 g/mol. The maximum absolute atomic E-state index is 11.9. The van der Waals surface area contributed by atoms with Crippen molar-refractivity contribution < 1.29 is 18.1 Å². The third kappa shape index (κ3) is 4.71. The van der Waals surface area contributed by atoms with Crippen LogP contribution in [-0.4, -0.2) is 33.6 Å². The molecule has 0 aliphatic rings. The number of nitrogens with one attached hydrogen (secondary N) is 1. The summed E-state index contributed by atoms with van der Waals surface area (Å²) in [6.07, 6.45) is 1.34. The number of methoxy groups -OCH3 is 1. The molecule has 0 heterocycles. The van der Waals surface area contributed by atoms with Gasteiger partial charge in [-0.3, -0.25) is 10.1 Å². The Morgan fingerprint density at radius 1 is 1.40 bits per heavy atom. The van der Waals surface area contributed by atoms with Crippen molar-refractivity contribution >= 4 is 27.3 Å². The van der Waals surface area contributed by atoms with E-state index in [0.717, 1.165) is 12.5 Å². The number of halogens is 1. The minimum atomic E-state index is -3.77. The van der Waals surface area contributed by atoms with Gasteiger partial charge >= 0.3 is 0 Å². The Kier molecular flexibility index (Phi) is 6.34. The molecule has 0 aliphatic heterocycles. The second-order valence-corrected chi connectivity index (χ2v) is 6.14. The average Bonchev–Trinajstić information content (AvgIpc) is 2.38. The van der Waals surface area contributed by atoms with Crippen LogP contribution in [0.2, 0.25) is 5.02 Å². The number of nitro groups is 1. The molecule has 0 amide bonds. The SMILES string of the molecule is COCCCCNS(=O)(=O)c1ccc(Cl)c([N+](=O)[O-])c1. The van der Waals surface area contributed by atoms with Gasteiger partial charge in [0.05, 0.1) is 9.82 Å². The summed E-state index contributed by atoms with van der Waals surface area (Å²) in [5, 5.41) is 10.6. The smallest absolute Gasteiger partial charge is 0.289 e. The summed E-state index contributed by atoms with van der Waals surface area (Å²) in [4.78, 5) is 9.82. The summed E-state index contributed by atoms with van der Waals surface area (Å²) < 4.78 is 31.1. The highest BCUT2D eigenvalue weighted by atomic mass is 35.5. The zero-order valence-electron chi connectivity index (χ0n) is 10.8. The van der Waals surface area contributed by atoms with Gasteiger partial charge in [0.2, 0.25) is 10.0 Å². The summed E-state index contributed by atoms with van der Waals surface area (Å²) in [5.41, 5.74) is -0.436. The Hall–Kier alpha value is -1.22. The number of benzene rings is 1. The highest BCUT2D eigenvalue weighted by molar-refractivity contribution is 7.89. The first-order valence-corrected chi connectivity index (χ1v) is 7.67. The Morgan fingerprint density at radius 2 is 2.10 bits per heavy atom. The summed E-state index contributed by atoms with van der Waals surface area (Å²) in [6, 6.07) is 3.37. The van der Waals surface area contributed by atoms with Crippen LogP contribution in [0.25, 0.3) is 0 Å². The molecule has 1 aromatic rings. The van der Waals surface area contributed by atoms with E-state index in [9.17, 15) is 18.5 Å². The number of sulfonamides is 1. The Balaban J connectivity index is 2.77.